The fourth-order valence-corrected chi connectivity index (χ4v) is 4.35. The van der Waals surface area contributed by atoms with Gasteiger partial charge in [-0.05, 0) is 26.7 Å². The maximum atomic E-state index is 6.01. The maximum Gasteiger partial charge on any atom is 0.219 e. The van der Waals surface area contributed by atoms with Crippen molar-refractivity contribution in [1.82, 2.24) is 19.9 Å². The van der Waals surface area contributed by atoms with E-state index in [1.54, 1.807) is 12.4 Å². The van der Waals surface area contributed by atoms with Gasteiger partial charge in [-0.3, -0.25) is 0 Å². The van der Waals surface area contributed by atoms with Gasteiger partial charge in [0.15, 0.2) is 17.5 Å². The summed E-state index contributed by atoms with van der Waals surface area (Å²) < 4.78 is 6.01. The zero-order chi connectivity index (χ0) is 19.3. The number of fused-ring (bicyclic) bond motifs is 3. The van der Waals surface area contributed by atoms with E-state index in [1.165, 1.54) is 25.7 Å². The first-order valence-electron chi connectivity index (χ1n) is 9.95. The molecule has 9 heteroatoms. The number of anilines is 4. The monoisotopic (exact) mass is 382 g/mol. The summed E-state index contributed by atoms with van der Waals surface area (Å²) in [6.07, 6.45) is 8.22. The number of hydrogen-bond donors (Lipinski definition) is 3. The van der Waals surface area contributed by atoms with Crippen molar-refractivity contribution in [2.45, 2.75) is 57.3 Å². The number of aromatic nitrogens is 4. The van der Waals surface area contributed by atoms with Gasteiger partial charge in [0.25, 0.3) is 0 Å². The Bertz CT molecular complexity index is 878. The molecule has 3 aliphatic rings. The van der Waals surface area contributed by atoms with E-state index in [0.717, 1.165) is 29.4 Å². The highest BCUT2D eigenvalue weighted by molar-refractivity contribution is 5.85. The quantitative estimate of drug-likeness (QED) is 0.735. The Labute approximate surface area is 164 Å². The summed E-state index contributed by atoms with van der Waals surface area (Å²) in [6.45, 7) is 5.66. The number of rotatable bonds is 3. The molecule has 9 nitrogen and oxygen atoms in total. The first kappa shape index (κ1) is 17.4. The van der Waals surface area contributed by atoms with Gasteiger partial charge in [0, 0.05) is 25.0 Å². The number of nitrogens with two attached hydrogens (primary N) is 1. The molecule has 1 unspecified atom stereocenters. The number of nitrogens with one attached hydrogen (secondary N) is 2. The predicted octanol–water partition coefficient (Wildman–Crippen LogP) is 2.24. The number of nitrogens with zero attached hydrogens (tertiary/aromatic N) is 5. The van der Waals surface area contributed by atoms with Crippen LogP contribution in [0.2, 0.25) is 0 Å². The van der Waals surface area contributed by atoms with Crippen molar-refractivity contribution in [3.63, 3.8) is 0 Å². The van der Waals surface area contributed by atoms with Gasteiger partial charge in [0.2, 0.25) is 5.95 Å². The average molecular weight is 382 g/mol. The van der Waals surface area contributed by atoms with E-state index in [2.05, 4.69) is 39.3 Å². The van der Waals surface area contributed by atoms with Crippen LogP contribution in [-0.2, 0) is 4.74 Å². The summed E-state index contributed by atoms with van der Waals surface area (Å²) in [5.74, 6) is 2.59. The second kappa shape index (κ2) is 6.44. The summed E-state index contributed by atoms with van der Waals surface area (Å²) in [7, 11) is 0. The highest BCUT2D eigenvalue weighted by Crippen LogP contribution is 2.44. The SMILES string of the molecule is CC1(C)OCCN2c3nc(-c4cnc(N)nc4)nc(NC4CCCC4)c3NC21. The fraction of sp³-hybridized carbons (Fsp3) is 0.579. The second-order valence-electron chi connectivity index (χ2n) is 8.24. The molecule has 148 valence electrons. The van der Waals surface area contributed by atoms with Gasteiger partial charge in [-0.1, -0.05) is 12.8 Å². The molecule has 1 saturated heterocycles. The standard InChI is InChI=1S/C19H26N8O/c1-19(2)17-24-13-15(23-12-5-3-4-6-12)25-14(11-9-21-18(20)22-10-11)26-16(13)27(17)7-8-28-19/h9-10,12,17,24H,3-8H2,1-2H3,(H2,20,21,22)(H,23,25,26). The lowest BCUT2D eigenvalue weighted by Crippen LogP contribution is -2.58. The van der Waals surface area contributed by atoms with Gasteiger partial charge in [-0.2, -0.15) is 0 Å². The van der Waals surface area contributed by atoms with E-state index in [0.29, 0.717) is 18.5 Å². The van der Waals surface area contributed by atoms with Crippen LogP contribution in [0.15, 0.2) is 12.4 Å². The lowest BCUT2D eigenvalue weighted by atomic mass is 10.0. The molecule has 0 radical (unpaired) electrons. The summed E-state index contributed by atoms with van der Waals surface area (Å²) in [5, 5.41) is 7.27. The number of ether oxygens (including phenoxy) is 1. The van der Waals surface area contributed by atoms with Crippen LogP contribution in [0, 0.1) is 0 Å². The Morgan fingerprint density at radius 2 is 1.96 bits per heavy atom. The maximum absolute atomic E-state index is 6.01. The van der Waals surface area contributed by atoms with E-state index in [9.17, 15) is 0 Å². The van der Waals surface area contributed by atoms with Gasteiger partial charge in [0.1, 0.15) is 17.5 Å². The van der Waals surface area contributed by atoms with Crippen molar-refractivity contribution in [2.24, 2.45) is 0 Å². The average Bonchev–Trinajstić information content (AvgIpc) is 3.31. The Morgan fingerprint density at radius 3 is 2.71 bits per heavy atom. The van der Waals surface area contributed by atoms with Crippen molar-refractivity contribution in [3.8, 4) is 11.4 Å². The molecule has 2 aromatic heterocycles. The van der Waals surface area contributed by atoms with Gasteiger partial charge in [0.05, 0.1) is 12.2 Å². The zero-order valence-electron chi connectivity index (χ0n) is 16.3. The molecule has 28 heavy (non-hydrogen) atoms. The van der Waals surface area contributed by atoms with Crippen LogP contribution in [0.4, 0.5) is 23.3 Å². The van der Waals surface area contributed by atoms with Crippen molar-refractivity contribution < 1.29 is 4.74 Å². The molecule has 5 rings (SSSR count). The van der Waals surface area contributed by atoms with Crippen LogP contribution in [0.5, 0.6) is 0 Å². The molecule has 0 bridgehead atoms. The minimum Gasteiger partial charge on any atom is -0.370 e. The van der Waals surface area contributed by atoms with Crippen LogP contribution in [0.1, 0.15) is 39.5 Å². The molecule has 2 aromatic rings. The van der Waals surface area contributed by atoms with Crippen molar-refractivity contribution in [1.29, 1.82) is 0 Å². The normalized spacial score (nSPS) is 23.2. The molecule has 2 aliphatic heterocycles. The van der Waals surface area contributed by atoms with Crippen molar-refractivity contribution in [2.75, 3.05) is 34.4 Å². The van der Waals surface area contributed by atoms with E-state index < -0.39 is 0 Å². The van der Waals surface area contributed by atoms with E-state index >= 15 is 0 Å². The molecule has 4 heterocycles. The van der Waals surface area contributed by atoms with Gasteiger partial charge in [-0.15, -0.1) is 0 Å². The predicted molar refractivity (Wildman–Crippen MR) is 108 cm³/mol. The number of morpholine rings is 1. The van der Waals surface area contributed by atoms with Gasteiger partial charge < -0.3 is 26.0 Å². The van der Waals surface area contributed by atoms with Crippen LogP contribution < -0.4 is 21.3 Å². The molecule has 1 atom stereocenters. The van der Waals surface area contributed by atoms with E-state index in [1.807, 2.05) is 0 Å². The number of hydrogen-bond acceptors (Lipinski definition) is 9. The molecule has 4 N–H and O–H groups in total. The first-order chi connectivity index (χ1) is 13.5. The molecular weight excluding hydrogens is 356 g/mol. The molecule has 0 aromatic carbocycles. The summed E-state index contributed by atoms with van der Waals surface area (Å²) >= 11 is 0. The lowest BCUT2D eigenvalue weighted by Gasteiger charge is -2.42. The molecule has 1 aliphatic carbocycles. The second-order valence-corrected chi connectivity index (χ2v) is 8.24. The van der Waals surface area contributed by atoms with Crippen LogP contribution in [0.25, 0.3) is 11.4 Å². The van der Waals surface area contributed by atoms with Crippen LogP contribution in [-0.4, -0.2) is 50.9 Å². The van der Waals surface area contributed by atoms with Crippen LogP contribution >= 0.6 is 0 Å². The van der Waals surface area contributed by atoms with Gasteiger partial charge in [-0.25, -0.2) is 19.9 Å². The molecule has 0 amide bonds. The number of nitrogen functional groups attached to an aromatic ring is 1. The molecular formula is C19H26N8O. The Morgan fingerprint density at radius 1 is 1.21 bits per heavy atom. The molecule has 0 spiro atoms. The third-order valence-corrected chi connectivity index (χ3v) is 5.85. The summed E-state index contributed by atoms with van der Waals surface area (Å²) in [5.41, 5.74) is 7.02. The molecule has 1 saturated carbocycles. The molecule has 2 fully saturated rings. The largest absolute Gasteiger partial charge is 0.370 e. The minimum atomic E-state index is -0.325. The Hall–Kier alpha value is -2.68. The first-order valence-corrected chi connectivity index (χ1v) is 9.95. The Balaban J connectivity index is 1.59. The highest BCUT2D eigenvalue weighted by Gasteiger charge is 2.46. The van der Waals surface area contributed by atoms with E-state index in [-0.39, 0.29) is 17.7 Å². The smallest absolute Gasteiger partial charge is 0.219 e. The summed E-state index contributed by atoms with van der Waals surface area (Å²) in [4.78, 5) is 20.2. The highest BCUT2D eigenvalue weighted by atomic mass is 16.5. The third kappa shape index (κ3) is 2.90. The fourth-order valence-electron chi connectivity index (χ4n) is 4.35. The van der Waals surface area contributed by atoms with E-state index in [4.69, 9.17) is 20.4 Å². The van der Waals surface area contributed by atoms with Crippen LogP contribution in [0.3, 0.4) is 0 Å². The third-order valence-electron chi connectivity index (χ3n) is 5.85. The Kier molecular flexibility index (Phi) is 4.01. The summed E-state index contributed by atoms with van der Waals surface area (Å²) in [6, 6.07) is 0.443. The van der Waals surface area contributed by atoms with Gasteiger partial charge >= 0.3 is 0 Å². The lowest BCUT2D eigenvalue weighted by molar-refractivity contribution is -0.0489. The zero-order valence-corrected chi connectivity index (χ0v) is 16.3. The minimum absolute atomic E-state index is 0.0209. The van der Waals surface area contributed by atoms with Crippen molar-refractivity contribution >= 4 is 23.3 Å². The van der Waals surface area contributed by atoms with Crippen molar-refractivity contribution in [3.05, 3.63) is 12.4 Å². The topological polar surface area (TPSA) is 114 Å².